The van der Waals surface area contributed by atoms with Crippen LogP contribution in [0.25, 0.3) is 0 Å². The molecule has 0 aromatic heterocycles. The molecule has 2 N–H and O–H groups in total. The van der Waals surface area contributed by atoms with Crippen molar-refractivity contribution < 1.29 is 4.79 Å². The summed E-state index contributed by atoms with van der Waals surface area (Å²) in [6.07, 6.45) is 6.40. The summed E-state index contributed by atoms with van der Waals surface area (Å²) in [7, 11) is 0. The Hall–Kier alpha value is -0.280. The van der Waals surface area contributed by atoms with E-state index in [2.05, 4.69) is 4.90 Å². The summed E-state index contributed by atoms with van der Waals surface area (Å²) in [5, 5.41) is 0. The number of amides is 1. The number of carbonyl (C=O) groups excluding carboxylic acids is 1. The molecule has 1 heterocycles. The third kappa shape index (κ3) is 2.32. The summed E-state index contributed by atoms with van der Waals surface area (Å²) < 4.78 is 0. The number of halogens is 1. The number of hydrogen-bond acceptors (Lipinski definition) is 2. The lowest BCUT2D eigenvalue weighted by Crippen LogP contribution is -2.31. The smallest absolute Gasteiger partial charge is 0.226 e. The summed E-state index contributed by atoms with van der Waals surface area (Å²) in [5.74, 6) is 2.91. The molecule has 1 saturated heterocycles. The van der Waals surface area contributed by atoms with Gasteiger partial charge in [0.2, 0.25) is 5.91 Å². The van der Waals surface area contributed by atoms with Crippen molar-refractivity contribution in [2.24, 2.45) is 29.4 Å². The van der Waals surface area contributed by atoms with E-state index in [9.17, 15) is 4.79 Å². The highest BCUT2D eigenvalue weighted by Crippen LogP contribution is 2.56. The van der Waals surface area contributed by atoms with Crippen molar-refractivity contribution >= 4 is 18.3 Å². The number of hydrogen-bond donors (Lipinski definition) is 1. The molecule has 17 heavy (non-hydrogen) atoms. The van der Waals surface area contributed by atoms with Gasteiger partial charge >= 0.3 is 0 Å². The molecule has 3 rings (SSSR count). The molecule has 2 aliphatic carbocycles. The number of nitrogens with zero attached hydrogens (tertiary/aromatic N) is 1. The van der Waals surface area contributed by atoms with Gasteiger partial charge in [-0.2, -0.15) is 0 Å². The van der Waals surface area contributed by atoms with E-state index in [-0.39, 0.29) is 12.4 Å². The number of rotatable bonds is 2. The summed E-state index contributed by atoms with van der Waals surface area (Å²) in [6, 6.07) is 0. The highest BCUT2D eigenvalue weighted by molar-refractivity contribution is 5.85. The molecular weight excluding hydrogens is 236 g/mol. The van der Waals surface area contributed by atoms with Crippen LogP contribution in [0.3, 0.4) is 0 Å². The largest absolute Gasteiger partial charge is 0.342 e. The van der Waals surface area contributed by atoms with Crippen LogP contribution in [-0.2, 0) is 4.79 Å². The van der Waals surface area contributed by atoms with Gasteiger partial charge in [0.1, 0.15) is 0 Å². The highest BCUT2D eigenvalue weighted by atomic mass is 35.5. The molecule has 2 saturated carbocycles. The van der Waals surface area contributed by atoms with Crippen molar-refractivity contribution in [2.75, 3.05) is 19.6 Å². The van der Waals surface area contributed by atoms with Gasteiger partial charge in [-0.05, 0) is 43.6 Å². The quantitative estimate of drug-likeness (QED) is 0.819. The van der Waals surface area contributed by atoms with Crippen molar-refractivity contribution in [2.45, 2.75) is 32.1 Å². The van der Waals surface area contributed by atoms with E-state index in [0.29, 0.717) is 17.7 Å². The lowest BCUT2D eigenvalue weighted by atomic mass is 10.0. The molecule has 98 valence electrons. The first-order chi connectivity index (χ1) is 7.81. The van der Waals surface area contributed by atoms with Crippen molar-refractivity contribution in [3.63, 3.8) is 0 Å². The average Bonchev–Trinajstić information content (AvgIpc) is 2.84. The van der Waals surface area contributed by atoms with Crippen LogP contribution in [0.4, 0.5) is 0 Å². The predicted octanol–water partition coefficient (Wildman–Crippen LogP) is 1.65. The number of nitrogens with two attached hydrogens (primary N) is 1. The maximum atomic E-state index is 12.3. The van der Waals surface area contributed by atoms with Gasteiger partial charge in [-0.25, -0.2) is 0 Å². The molecule has 0 bridgehead atoms. The first-order valence-corrected chi connectivity index (χ1v) is 6.80. The number of carbonyl (C=O) groups is 1. The van der Waals surface area contributed by atoms with E-state index >= 15 is 0 Å². The Kier molecular flexibility index (Phi) is 3.99. The Labute approximate surface area is 110 Å². The third-order valence-corrected chi connectivity index (χ3v) is 4.87. The standard InChI is InChI=1S/C13H22N2O.ClH/c14-7-9-5-6-15(8-9)13(16)12-10-3-1-2-4-11(10)12;/h9-12H,1-8,14H2;1H. The van der Waals surface area contributed by atoms with Crippen LogP contribution in [0.5, 0.6) is 0 Å². The Morgan fingerprint density at radius 3 is 2.35 bits per heavy atom. The molecule has 3 unspecified atom stereocenters. The fraction of sp³-hybridized carbons (Fsp3) is 0.923. The van der Waals surface area contributed by atoms with Gasteiger partial charge in [-0.1, -0.05) is 12.8 Å². The topological polar surface area (TPSA) is 46.3 Å². The highest BCUT2D eigenvalue weighted by Gasteiger charge is 2.56. The third-order valence-electron chi connectivity index (χ3n) is 4.87. The Bertz CT molecular complexity index is 285. The van der Waals surface area contributed by atoms with Crippen LogP contribution in [-0.4, -0.2) is 30.4 Å². The first-order valence-electron chi connectivity index (χ1n) is 6.80. The van der Waals surface area contributed by atoms with Gasteiger partial charge in [0.15, 0.2) is 0 Å². The Balaban J connectivity index is 0.00000108. The molecule has 0 radical (unpaired) electrons. The fourth-order valence-corrected chi connectivity index (χ4v) is 3.79. The predicted molar refractivity (Wildman–Crippen MR) is 69.9 cm³/mol. The van der Waals surface area contributed by atoms with E-state index in [1.165, 1.54) is 25.7 Å². The lowest BCUT2D eigenvalue weighted by Gasteiger charge is -2.16. The molecule has 1 amide bonds. The normalized spacial score (nSPS) is 39.5. The molecule has 4 heteroatoms. The van der Waals surface area contributed by atoms with E-state index in [1.54, 1.807) is 0 Å². The number of fused-ring (bicyclic) bond motifs is 1. The Morgan fingerprint density at radius 2 is 1.82 bits per heavy atom. The van der Waals surface area contributed by atoms with Gasteiger partial charge in [0.25, 0.3) is 0 Å². The van der Waals surface area contributed by atoms with Crippen LogP contribution in [0.1, 0.15) is 32.1 Å². The van der Waals surface area contributed by atoms with Crippen LogP contribution in [0, 0.1) is 23.7 Å². The zero-order valence-electron chi connectivity index (χ0n) is 10.3. The van der Waals surface area contributed by atoms with Crippen molar-refractivity contribution in [1.82, 2.24) is 4.90 Å². The van der Waals surface area contributed by atoms with Crippen molar-refractivity contribution in [3.05, 3.63) is 0 Å². The fourth-order valence-electron chi connectivity index (χ4n) is 3.79. The minimum absolute atomic E-state index is 0. The molecule has 1 aliphatic heterocycles. The SMILES string of the molecule is Cl.NCC1CCN(C(=O)C2C3CCCCC32)C1. The zero-order chi connectivity index (χ0) is 11.1. The molecule has 3 aliphatic rings. The van der Waals surface area contributed by atoms with Crippen LogP contribution in [0.15, 0.2) is 0 Å². The second-order valence-corrected chi connectivity index (χ2v) is 5.81. The van der Waals surface area contributed by atoms with Gasteiger partial charge in [0.05, 0.1) is 0 Å². The van der Waals surface area contributed by atoms with Gasteiger partial charge in [-0.15, -0.1) is 12.4 Å². The summed E-state index contributed by atoms with van der Waals surface area (Å²) in [5.41, 5.74) is 5.67. The number of likely N-dealkylation sites (tertiary alicyclic amines) is 1. The monoisotopic (exact) mass is 258 g/mol. The first kappa shape index (κ1) is 13.2. The van der Waals surface area contributed by atoms with Crippen LogP contribution >= 0.6 is 12.4 Å². The van der Waals surface area contributed by atoms with Crippen molar-refractivity contribution in [1.29, 1.82) is 0 Å². The molecule has 3 atom stereocenters. The van der Waals surface area contributed by atoms with Gasteiger partial charge in [0, 0.05) is 19.0 Å². The van der Waals surface area contributed by atoms with E-state index in [0.717, 1.165) is 37.9 Å². The molecule has 0 aromatic rings. The maximum absolute atomic E-state index is 12.3. The zero-order valence-corrected chi connectivity index (χ0v) is 11.1. The van der Waals surface area contributed by atoms with Gasteiger partial charge in [-0.3, -0.25) is 4.79 Å². The van der Waals surface area contributed by atoms with E-state index in [1.807, 2.05) is 0 Å². The molecule has 3 nitrogen and oxygen atoms in total. The molecule has 0 spiro atoms. The van der Waals surface area contributed by atoms with Crippen LogP contribution in [0.2, 0.25) is 0 Å². The average molecular weight is 259 g/mol. The molecule has 3 fully saturated rings. The molecular formula is C13H23ClN2O. The second kappa shape index (κ2) is 5.15. The second-order valence-electron chi connectivity index (χ2n) is 5.81. The minimum Gasteiger partial charge on any atom is -0.342 e. The summed E-state index contributed by atoms with van der Waals surface area (Å²) in [6.45, 7) is 2.61. The molecule has 0 aromatic carbocycles. The van der Waals surface area contributed by atoms with Crippen molar-refractivity contribution in [3.8, 4) is 0 Å². The van der Waals surface area contributed by atoms with E-state index in [4.69, 9.17) is 5.73 Å². The lowest BCUT2D eigenvalue weighted by molar-refractivity contribution is -0.132. The Morgan fingerprint density at radius 1 is 1.18 bits per heavy atom. The maximum Gasteiger partial charge on any atom is 0.226 e. The van der Waals surface area contributed by atoms with E-state index < -0.39 is 0 Å². The minimum atomic E-state index is 0. The summed E-state index contributed by atoms with van der Waals surface area (Å²) in [4.78, 5) is 14.4. The van der Waals surface area contributed by atoms with Gasteiger partial charge < -0.3 is 10.6 Å². The van der Waals surface area contributed by atoms with Crippen LogP contribution < -0.4 is 5.73 Å². The summed E-state index contributed by atoms with van der Waals surface area (Å²) >= 11 is 0.